The van der Waals surface area contributed by atoms with Crippen LogP contribution in [0.15, 0.2) is 52.7 Å². The molecule has 0 fully saturated rings. The van der Waals surface area contributed by atoms with Crippen LogP contribution in [0.4, 0.5) is 4.39 Å². The summed E-state index contributed by atoms with van der Waals surface area (Å²) in [5.41, 5.74) is 2.30. The Hall–Kier alpha value is -2.60. The summed E-state index contributed by atoms with van der Waals surface area (Å²) >= 11 is 1.54. The van der Waals surface area contributed by atoms with Crippen LogP contribution in [-0.4, -0.2) is 13.0 Å². The van der Waals surface area contributed by atoms with Crippen molar-refractivity contribution >= 4 is 17.2 Å². The van der Waals surface area contributed by atoms with E-state index >= 15 is 0 Å². The smallest absolute Gasteiger partial charge is 0.251 e. The van der Waals surface area contributed by atoms with Gasteiger partial charge >= 0.3 is 0 Å². The maximum absolute atomic E-state index is 13.6. The number of carbonyl (C=O) groups excluding carboxylic acids is 1. The number of carbonyl (C=O) groups is 1. The molecule has 0 spiro atoms. The molecule has 2 aromatic heterocycles. The predicted octanol–water partition coefficient (Wildman–Crippen LogP) is 4.09. The van der Waals surface area contributed by atoms with E-state index < -0.39 is 5.82 Å². The predicted molar refractivity (Wildman–Crippen MR) is 86.1 cm³/mol. The lowest BCUT2D eigenvalue weighted by molar-refractivity contribution is 0.0951. The van der Waals surface area contributed by atoms with E-state index in [1.807, 2.05) is 17.5 Å². The fourth-order valence-corrected chi connectivity index (χ4v) is 2.96. The van der Waals surface area contributed by atoms with Crippen LogP contribution in [0.2, 0.25) is 0 Å². The molecule has 0 atom stereocenters. The number of benzene rings is 1. The lowest BCUT2D eigenvalue weighted by atomic mass is 10.2. The largest absolute Gasteiger partial charge is 0.494 e. The van der Waals surface area contributed by atoms with Gasteiger partial charge in [0.05, 0.1) is 26.2 Å². The first kappa shape index (κ1) is 15.3. The highest BCUT2D eigenvalue weighted by atomic mass is 32.1. The first-order valence-electron chi connectivity index (χ1n) is 6.89. The van der Waals surface area contributed by atoms with E-state index in [4.69, 9.17) is 9.15 Å². The lowest BCUT2D eigenvalue weighted by Crippen LogP contribution is -2.22. The Morgan fingerprint density at radius 1 is 1.30 bits per heavy atom. The van der Waals surface area contributed by atoms with E-state index in [2.05, 4.69) is 5.32 Å². The molecule has 23 heavy (non-hydrogen) atoms. The van der Waals surface area contributed by atoms with Gasteiger partial charge in [-0.05, 0) is 41.3 Å². The van der Waals surface area contributed by atoms with Crippen molar-refractivity contribution < 1.29 is 18.3 Å². The van der Waals surface area contributed by atoms with Crippen LogP contribution in [0.25, 0.3) is 11.1 Å². The molecule has 1 amide bonds. The second-order valence-corrected chi connectivity index (χ2v) is 5.84. The maximum Gasteiger partial charge on any atom is 0.251 e. The highest BCUT2D eigenvalue weighted by Gasteiger charge is 2.11. The number of methoxy groups -OCH3 is 1. The molecule has 0 bridgehead atoms. The zero-order valence-electron chi connectivity index (χ0n) is 12.3. The van der Waals surface area contributed by atoms with Gasteiger partial charge in [0.15, 0.2) is 11.6 Å². The molecule has 6 heteroatoms. The molecule has 0 aliphatic carbocycles. The quantitative estimate of drug-likeness (QED) is 0.766. The second-order valence-electron chi connectivity index (χ2n) is 4.85. The van der Waals surface area contributed by atoms with E-state index in [9.17, 15) is 9.18 Å². The summed E-state index contributed by atoms with van der Waals surface area (Å²) in [7, 11) is 1.38. The molecule has 0 aliphatic heterocycles. The first-order chi connectivity index (χ1) is 11.2. The summed E-state index contributed by atoms with van der Waals surface area (Å²) in [5.74, 6) is -0.770. The van der Waals surface area contributed by atoms with Gasteiger partial charge in [0.2, 0.25) is 0 Å². The number of amides is 1. The van der Waals surface area contributed by atoms with E-state index in [1.165, 1.54) is 25.3 Å². The third-order valence-electron chi connectivity index (χ3n) is 3.35. The minimum Gasteiger partial charge on any atom is -0.494 e. The summed E-state index contributed by atoms with van der Waals surface area (Å²) in [4.78, 5) is 13.1. The zero-order chi connectivity index (χ0) is 16.2. The Balaban J connectivity index is 1.64. The van der Waals surface area contributed by atoms with Crippen molar-refractivity contribution in [1.29, 1.82) is 0 Å². The molecule has 2 heterocycles. The molecule has 0 saturated heterocycles. The Kier molecular flexibility index (Phi) is 4.43. The lowest BCUT2D eigenvalue weighted by Gasteiger charge is -2.06. The van der Waals surface area contributed by atoms with Gasteiger partial charge in [-0.25, -0.2) is 4.39 Å². The summed E-state index contributed by atoms with van der Waals surface area (Å²) in [6, 6.07) is 8.00. The standard InChI is InChI=1S/C17H14FNO3S/c1-21-16-3-2-11(7-15(16)18)17(20)19-8-14-6-13(10-23-14)12-4-5-22-9-12/h2-7,9-10H,8H2,1H3,(H,19,20). The van der Waals surface area contributed by atoms with Crippen molar-refractivity contribution in [2.45, 2.75) is 6.54 Å². The molecule has 0 saturated carbocycles. The molecular weight excluding hydrogens is 317 g/mol. The molecule has 0 radical (unpaired) electrons. The van der Waals surface area contributed by atoms with Gasteiger partial charge in [-0.1, -0.05) is 0 Å². The molecule has 0 aliphatic rings. The molecule has 0 unspecified atom stereocenters. The van der Waals surface area contributed by atoms with Gasteiger partial charge in [0, 0.05) is 16.0 Å². The maximum atomic E-state index is 13.6. The summed E-state index contributed by atoms with van der Waals surface area (Å²) in [6.07, 6.45) is 3.29. The van der Waals surface area contributed by atoms with Crippen LogP contribution in [-0.2, 0) is 6.54 Å². The first-order valence-corrected chi connectivity index (χ1v) is 7.77. The molecule has 3 rings (SSSR count). The summed E-state index contributed by atoms with van der Waals surface area (Å²) in [5, 5.41) is 4.78. The fraction of sp³-hybridized carbons (Fsp3) is 0.118. The Morgan fingerprint density at radius 3 is 2.87 bits per heavy atom. The van der Waals surface area contributed by atoms with Crippen LogP contribution in [0.5, 0.6) is 5.75 Å². The van der Waals surface area contributed by atoms with Gasteiger partial charge in [0.25, 0.3) is 5.91 Å². The average molecular weight is 331 g/mol. The number of hydrogen-bond donors (Lipinski definition) is 1. The number of halogens is 1. The Labute approximate surface area is 136 Å². The van der Waals surface area contributed by atoms with Gasteiger partial charge in [-0.15, -0.1) is 11.3 Å². The number of nitrogens with one attached hydrogen (secondary N) is 1. The fourth-order valence-electron chi connectivity index (χ4n) is 2.13. The number of furan rings is 1. The minimum atomic E-state index is -0.557. The van der Waals surface area contributed by atoms with E-state index in [1.54, 1.807) is 23.9 Å². The van der Waals surface area contributed by atoms with Crippen molar-refractivity contribution in [3.05, 3.63) is 64.5 Å². The van der Waals surface area contributed by atoms with Crippen molar-refractivity contribution in [3.8, 4) is 16.9 Å². The van der Waals surface area contributed by atoms with Crippen LogP contribution < -0.4 is 10.1 Å². The van der Waals surface area contributed by atoms with Gasteiger partial charge in [0.1, 0.15) is 0 Å². The molecular formula is C17H14FNO3S. The molecule has 4 nitrogen and oxygen atoms in total. The van der Waals surface area contributed by atoms with Crippen molar-refractivity contribution in [3.63, 3.8) is 0 Å². The molecule has 1 N–H and O–H groups in total. The van der Waals surface area contributed by atoms with Gasteiger partial charge in [-0.3, -0.25) is 4.79 Å². The van der Waals surface area contributed by atoms with E-state index in [0.717, 1.165) is 16.0 Å². The third kappa shape index (κ3) is 3.43. The van der Waals surface area contributed by atoms with E-state index in [-0.39, 0.29) is 17.2 Å². The van der Waals surface area contributed by atoms with Crippen molar-refractivity contribution in [2.24, 2.45) is 0 Å². The summed E-state index contributed by atoms with van der Waals surface area (Å²) in [6.45, 7) is 0.384. The molecule has 3 aromatic rings. The summed E-state index contributed by atoms with van der Waals surface area (Å²) < 4.78 is 23.5. The Bertz CT molecular complexity index is 811. The van der Waals surface area contributed by atoms with Crippen LogP contribution in [0.1, 0.15) is 15.2 Å². The number of ether oxygens (including phenoxy) is 1. The molecule has 118 valence electrons. The molecule has 1 aromatic carbocycles. The normalized spacial score (nSPS) is 10.5. The van der Waals surface area contributed by atoms with Crippen LogP contribution in [0, 0.1) is 5.82 Å². The third-order valence-corrected chi connectivity index (χ3v) is 4.28. The monoisotopic (exact) mass is 331 g/mol. The minimum absolute atomic E-state index is 0.115. The van der Waals surface area contributed by atoms with Crippen LogP contribution in [0.3, 0.4) is 0 Å². The van der Waals surface area contributed by atoms with Gasteiger partial charge < -0.3 is 14.5 Å². The highest BCUT2D eigenvalue weighted by Crippen LogP contribution is 2.26. The second kappa shape index (κ2) is 6.66. The SMILES string of the molecule is COc1ccc(C(=O)NCc2cc(-c3ccoc3)cs2)cc1F. The number of thiophene rings is 1. The van der Waals surface area contributed by atoms with Crippen molar-refractivity contribution in [1.82, 2.24) is 5.32 Å². The van der Waals surface area contributed by atoms with Crippen molar-refractivity contribution in [2.75, 3.05) is 7.11 Å². The number of hydrogen-bond acceptors (Lipinski definition) is 4. The van der Waals surface area contributed by atoms with Crippen LogP contribution >= 0.6 is 11.3 Å². The zero-order valence-corrected chi connectivity index (χ0v) is 13.2. The Morgan fingerprint density at radius 2 is 2.17 bits per heavy atom. The topological polar surface area (TPSA) is 51.5 Å². The van der Waals surface area contributed by atoms with E-state index in [0.29, 0.717) is 6.54 Å². The van der Waals surface area contributed by atoms with Gasteiger partial charge in [-0.2, -0.15) is 0 Å². The average Bonchev–Trinajstić information content (AvgIpc) is 3.23. The number of rotatable bonds is 5. The highest BCUT2D eigenvalue weighted by molar-refractivity contribution is 7.10.